The average molecular weight is 149 g/mol. The molecule has 0 fully saturated rings. The summed E-state index contributed by atoms with van der Waals surface area (Å²) >= 11 is 0. The summed E-state index contributed by atoms with van der Waals surface area (Å²) < 4.78 is 0. The average Bonchev–Trinajstić information content (AvgIpc) is 1.63. The number of aliphatic hydroxyl groups excluding tert-OH is 2. The highest BCUT2D eigenvalue weighted by Crippen LogP contribution is 1.95. The third kappa shape index (κ3) is 5.73. The molecule has 0 aliphatic carbocycles. The van der Waals surface area contributed by atoms with Crippen LogP contribution in [0.1, 0.15) is 0 Å². The minimum Gasteiger partial charge on any atom is -0.508 e. The first-order valence-corrected chi connectivity index (χ1v) is 4.70. The Kier molecular flexibility index (Phi) is 4.62. The lowest BCUT2D eigenvalue weighted by molar-refractivity contribution is 0.322. The van der Waals surface area contributed by atoms with E-state index in [1.165, 1.54) is 0 Å². The normalized spacial score (nSPS) is 13.1. The molecule has 0 radical (unpaired) electrons. The quantitative estimate of drug-likeness (QED) is 0.446. The van der Waals surface area contributed by atoms with E-state index in [0.29, 0.717) is 5.75 Å². The summed E-state index contributed by atoms with van der Waals surface area (Å²) in [6.45, 7) is 3.56. The Morgan fingerprint density at radius 3 is 2.56 bits per heavy atom. The molecule has 0 saturated carbocycles. The lowest BCUT2D eigenvalue weighted by Gasteiger charge is -1.97. The summed E-state index contributed by atoms with van der Waals surface area (Å²) in [5, 5.41) is 17.1. The highest BCUT2D eigenvalue weighted by molar-refractivity contribution is 7.96. The van der Waals surface area contributed by atoms with Gasteiger partial charge in [0.15, 0.2) is 5.75 Å². The lowest BCUT2D eigenvalue weighted by Crippen LogP contribution is -2.13. The fraction of sp³-hybridized carbons (Fsp3) is 0.667. The molecule has 0 heterocycles. The molecule has 0 bridgehead atoms. The van der Waals surface area contributed by atoms with Crippen molar-refractivity contribution in [2.24, 2.45) is 0 Å². The zero-order valence-electron chi connectivity index (χ0n) is 5.63. The zero-order valence-corrected chi connectivity index (χ0v) is 6.45. The van der Waals surface area contributed by atoms with Gasteiger partial charge in [0.1, 0.15) is 11.5 Å². The summed E-state index contributed by atoms with van der Waals surface area (Å²) in [7, 11) is 0.100. The Morgan fingerprint density at radius 1 is 1.67 bits per heavy atom. The van der Waals surface area contributed by atoms with Crippen molar-refractivity contribution in [2.75, 3.05) is 24.4 Å². The van der Waals surface area contributed by atoms with Crippen molar-refractivity contribution in [3.05, 3.63) is 12.3 Å². The van der Waals surface area contributed by atoms with Gasteiger partial charge in [-0.1, -0.05) is 6.58 Å². The third-order valence-electron chi connectivity index (χ3n) is 0.853. The van der Waals surface area contributed by atoms with Gasteiger partial charge in [-0.25, -0.2) is 0 Å². The lowest BCUT2D eigenvalue weighted by atomic mass is 10.7. The molecule has 54 valence electrons. The van der Waals surface area contributed by atoms with E-state index in [1.807, 2.05) is 6.26 Å². The number of aliphatic hydroxyl groups is 2. The molecule has 1 atom stereocenters. The van der Waals surface area contributed by atoms with Crippen LogP contribution in [-0.4, -0.2) is 34.6 Å². The second kappa shape index (κ2) is 4.70. The molecule has 0 spiro atoms. The van der Waals surface area contributed by atoms with Crippen LogP contribution in [0.5, 0.6) is 0 Å². The van der Waals surface area contributed by atoms with Crippen molar-refractivity contribution in [1.29, 1.82) is 0 Å². The monoisotopic (exact) mass is 149 g/mol. The topological polar surface area (TPSA) is 40.5 Å². The van der Waals surface area contributed by atoms with Crippen LogP contribution in [0.4, 0.5) is 0 Å². The van der Waals surface area contributed by atoms with E-state index in [-0.39, 0.29) is 23.3 Å². The van der Waals surface area contributed by atoms with E-state index < -0.39 is 0 Å². The Bertz CT molecular complexity index is 93.1. The van der Waals surface area contributed by atoms with Gasteiger partial charge in [-0.05, 0) is 10.9 Å². The summed E-state index contributed by atoms with van der Waals surface area (Å²) in [6, 6.07) is 0. The number of hydrogen-bond donors (Lipinski definition) is 2. The largest absolute Gasteiger partial charge is 0.508 e. The molecule has 0 saturated heterocycles. The van der Waals surface area contributed by atoms with Crippen LogP contribution in [0.3, 0.4) is 0 Å². The number of rotatable bonds is 4. The van der Waals surface area contributed by atoms with Gasteiger partial charge in [0.2, 0.25) is 0 Å². The van der Waals surface area contributed by atoms with E-state index in [2.05, 4.69) is 6.58 Å². The predicted molar refractivity (Wildman–Crippen MR) is 41.9 cm³/mol. The molecule has 0 rings (SSSR count). The van der Waals surface area contributed by atoms with Gasteiger partial charge >= 0.3 is 0 Å². The number of hydrogen-bond acceptors (Lipinski definition) is 2. The van der Waals surface area contributed by atoms with Crippen molar-refractivity contribution in [3.63, 3.8) is 0 Å². The maximum atomic E-state index is 8.68. The van der Waals surface area contributed by atoms with Gasteiger partial charge in [-0.15, -0.1) is 0 Å². The van der Waals surface area contributed by atoms with Crippen LogP contribution in [0.15, 0.2) is 12.3 Å². The molecule has 9 heavy (non-hydrogen) atoms. The molecule has 0 aromatic carbocycles. The molecule has 0 aliphatic rings. The van der Waals surface area contributed by atoms with Crippen molar-refractivity contribution in [3.8, 4) is 0 Å². The molecule has 2 N–H and O–H groups in total. The molecule has 1 unspecified atom stereocenters. The van der Waals surface area contributed by atoms with E-state index >= 15 is 0 Å². The maximum absolute atomic E-state index is 8.68. The van der Waals surface area contributed by atoms with Gasteiger partial charge in [0.25, 0.3) is 0 Å². The van der Waals surface area contributed by atoms with E-state index in [9.17, 15) is 0 Å². The van der Waals surface area contributed by atoms with Crippen LogP contribution in [0.25, 0.3) is 0 Å². The second-order valence-corrected chi connectivity index (χ2v) is 4.18. The van der Waals surface area contributed by atoms with E-state index in [0.717, 1.165) is 5.75 Å². The molecule has 2 nitrogen and oxygen atoms in total. The minimum atomic E-state index is 0.100. The van der Waals surface area contributed by atoms with Crippen molar-refractivity contribution < 1.29 is 10.2 Å². The molecule has 0 aliphatic heterocycles. The van der Waals surface area contributed by atoms with Crippen LogP contribution < -0.4 is 0 Å². The second-order valence-electron chi connectivity index (χ2n) is 1.92. The maximum Gasteiger partial charge on any atom is 0.163 e. The minimum absolute atomic E-state index is 0.100. The van der Waals surface area contributed by atoms with Gasteiger partial charge in [0, 0.05) is 0 Å². The Morgan fingerprint density at radius 2 is 2.22 bits per heavy atom. The van der Waals surface area contributed by atoms with Gasteiger partial charge in [-0.3, -0.25) is 0 Å². The van der Waals surface area contributed by atoms with Gasteiger partial charge in [0.05, 0.1) is 12.9 Å². The van der Waals surface area contributed by atoms with Crippen molar-refractivity contribution in [2.45, 2.75) is 0 Å². The van der Waals surface area contributed by atoms with Crippen LogP contribution >= 0.6 is 0 Å². The molecule has 0 aromatic heterocycles. The Hall–Kier alpha value is -0.150. The molecule has 0 aromatic rings. The predicted octanol–water partition coefficient (Wildman–Crippen LogP) is 0.299. The summed E-state index contributed by atoms with van der Waals surface area (Å²) in [4.78, 5) is 0. The fourth-order valence-corrected chi connectivity index (χ4v) is 1.54. The van der Waals surface area contributed by atoms with Gasteiger partial charge in [-0.2, -0.15) is 0 Å². The van der Waals surface area contributed by atoms with Crippen LogP contribution in [-0.2, 0) is 10.9 Å². The fourth-order valence-electron chi connectivity index (χ4n) is 0.512. The Balaban J connectivity index is 3.26. The summed E-state index contributed by atoms with van der Waals surface area (Å²) in [5.74, 6) is 1.61. The van der Waals surface area contributed by atoms with Gasteiger partial charge < -0.3 is 10.2 Å². The molecule has 3 heteroatoms. The zero-order chi connectivity index (χ0) is 7.28. The first kappa shape index (κ1) is 8.85. The summed E-state index contributed by atoms with van der Waals surface area (Å²) in [5.41, 5.74) is 0. The SMILES string of the molecule is C=C(O)C[S+](C)CCO. The van der Waals surface area contributed by atoms with E-state index in [1.54, 1.807) is 0 Å². The van der Waals surface area contributed by atoms with Crippen molar-refractivity contribution >= 4 is 10.9 Å². The first-order valence-electron chi connectivity index (χ1n) is 2.73. The molecular formula is C6H13O2S+. The third-order valence-corrected chi connectivity index (χ3v) is 2.56. The highest BCUT2D eigenvalue weighted by atomic mass is 32.2. The molecular weight excluding hydrogens is 136 g/mol. The molecule has 0 amide bonds. The Labute approximate surface area is 58.6 Å². The van der Waals surface area contributed by atoms with E-state index in [4.69, 9.17) is 10.2 Å². The standard InChI is InChI=1S/C6H12O2S/c1-6(8)5-9(2)4-3-7/h7H,1,3-5H2,2H3/p+1. The first-order chi connectivity index (χ1) is 4.16. The smallest absolute Gasteiger partial charge is 0.163 e. The summed E-state index contributed by atoms with van der Waals surface area (Å²) in [6.07, 6.45) is 2.00. The highest BCUT2D eigenvalue weighted by Gasteiger charge is 2.10. The van der Waals surface area contributed by atoms with Crippen LogP contribution in [0.2, 0.25) is 0 Å². The van der Waals surface area contributed by atoms with Crippen molar-refractivity contribution in [1.82, 2.24) is 0 Å². The van der Waals surface area contributed by atoms with Crippen LogP contribution in [0, 0.1) is 0 Å².